The van der Waals surface area contributed by atoms with E-state index in [1.165, 1.54) is 0 Å². The second kappa shape index (κ2) is 4.96. The largest absolute Gasteiger partial charge is 0.377 e. The Morgan fingerprint density at radius 2 is 2.18 bits per heavy atom. The first-order chi connectivity index (χ1) is 10.3. The van der Waals surface area contributed by atoms with E-state index in [1.807, 2.05) is 19.9 Å². The van der Waals surface area contributed by atoms with Crippen LogP contribution in [0.1, 0.15) is 33.3 Å². The Bertz CT molecular complexity index is 741. The number of hydrogen-bond acceptors (Lipinski definition) is 5. The lowest BCUT2D eigenvalue weighted by Gasteiger charge is -2.43. The summed E-state index contributed by atoms with van der Waals surface area (Å²) in [4.78, 5) is 6.42. The number of rotatable bonds is 2. The van der Waals surface area contributed by atoms with Gasteiger partial charge in [0.15, 0.2) is 5.82 Å². The van der Waals surface area contributed by atoms with Gasteiger partial charge in [-0.15, -0.1) is 5.10 Å². The SMILES string of the molecule is CC(C)(C#N)c1cc(N2CCOCC2(C)C)nn2cncc12. The molecule has 1 aliphatic rings. The molecular formula is C16H21N5O. The Labute approximate surface area is 130 Å². The third kappa shape index (κ3) is 2.32. The summed E-state index contributed by atoms with van der Waals surface area (Å²) in [6.45, 7) is 10.2. The second-order valence-corrected chi connectivity index (χ2v) is 6.89. The second-order valence-electron chi connectivity index (χ2n) is 6.89. The lowest BCUT2D eigenvalue weighted by molar-refractivity contribution is 0.0637. The first-order valence-corrected chi connectivity index (χ1v) is 7.46. The van der Waals surface area contributed by atoms with Crippen molar-refractivity contribution in [2.75, 3.05) is 24.7 Å². The molecule has 6 nitrogen and oxygen atoms in total. The lowest BCUT2D eigenvalue weighted by atomic mass is 9.86. The average molecular weight is 299 g/mol. The highest BCUT2D eigenvalue weighted by Gasteiger charge is 2.33. The summed E-state index contributed by atoms with van der Waals surface area (Å²) in [6, 6.07) is 4.40. The molecule has 3 heterocycles. The van der Waals surface area contributed by atoms with E-state index in [2.05, 4.69) is 34.9 Å². The van der Waals surface area contributed by atoms with Crippen molar-refractivity contribution < 1.29 is 4.74 Å². The summed E-state index contributed by atoms with van der Waals surface area (Å²) in [5, 5.41) is 14.2. The predicted octanol–water partition coefficient (Wildman–Crippen LogP) is 2.15. The Hall–Kier alpha value is -2.13. The molecule has 3 rings (SSSR count). The Morgan fingerprint density at radius 1 is 1.41 bits per heavy atom. The highest BCUT2D eigenvalue weighted by atomic mass is 16.5. The van der Waals surface area contributed by atoms with Crippen molar-refractivity contribution in [2.45, 2.75) is 38.6 Å². The Balaban J connectivity index is 2.18. The summed E-state index contributed by atoms with van der Waals surface area (Å²) >= 11 is 0. The summed E-state index contributed by atoms with van der Waals surface area (Å²) in [5.74, 6) is 0.858. The van der Waals surface area contributed by atoms with Crippen molar-refractivity contribution in [1.29, 1.82) is 5.26 Å². The zero-order chi connectivity index (χ0) is 16.0. The van der Waals surface area contributed by atoms with Gasteiger partial charge in [0.25, 0.3) is 0 Å². The van der Waals surface area contributed by atoms with Crippen LogP contribution in [0.3, 0.4) is 0 Å². The van der Waals surface area contributed by atoms with Crippen molar-refractivity contribution in [3.05, 3.63) is 24.2 Å². The number of aromatic nitrogens is 3. The molecule has 0 N–H and O–H groups in total. The molecule has 0 saturated carbocycles. The van der Waals surface area contributed by atoms with Crippen LogP contribution in [0.4, 0.5) is 5.82 Å². The van der Waals surface area contributed by atoms with E-state index in [1.54, 1.807) is 17.0 Å². The van der Waals surface area contributed by atoms with E-state index >= 15 is 0 Å². The van der Waals surface area contributed by atoms with Crippen LogP contribution in [0.5, 0.6) is 0 Å². The monoisotopic (exact) mass is 299 g/mol. The molecule has 0 aromatic carbocycles. The minimum absolute atomic E-state index is 0.131. The minimum Gasteiger partial charge on any atom is -0.377 e. The number of anilines is 1. The van der Waals surface area contributed by atoms with E-state index in [-0.39, 0.29) is 5.54 Å². The fourth-order valence-electron chi connectivity index (χ4n) is 2.88. The number of fused-ring (bicyclic) bond motifs is 1. The maximum atomic E-state index is 9.51. The van der Waals surface area contributed by atoms with Crippen LogP contribution in [0, 0.1) is 11.3 Å². The number of nitriles is 1. The average Bonchev–Trinajstić information content (AvgIpc) is 2.93. The molecule has 1 saturated heterocycles. The van der Waals surface area contributed by atoms with Crippen LogP contribution >= 0.6 is 0 Å². The van der Waals surface area contributed by atoms with Gasteiger partial charge in [0.1, 0.15) is 6.33 Å². The maximum Gasteiger partial charge on any atom is 0.150 e. The van der Waals surface area contributed by atoms with Crippen molar-refractivity contribution in [3.63, 3.8) is 0 Å². The molecule has 22 heavy (non-hydrogen) atoms. The summed E-state index contributed by atoms with van der Waals surface area (Å²) in [5.41, 5.74) is 1.09. The van der Waals surface area contributed by atoms with Crippen molar-refractivity contribution in [2.24, 2.45) is 0 Å². The molecule has 0 radical (unpaired) electrons. The van der Waals surface area contributed by atoms with E-state index in [0.29, 0.717) is 13.2 Å². The first-order valence-electron chi connectivity index (χ1n) is 7.46. The van der Waals surface area contributed by atoms with E-state index in [4.69, 9.17) is 4.74 Å². The molecule has 1 fully saturated rings. The predicted molar refractivity (Wildman–Crippen MR) is 83.9 cm³/mol. The van der Waals surface area contributed by atoms with Gasteiger partial charge in [-0.1, -0.05) is 0 Å². The lowest BCUT2D eigenvalue weighted by Crippen LogP contribution is -2.53. The van der Waals surface area contributed by atoms with Crippen LogP contribution < -0.4 is 4.90 Å². The van der Waals surface area contributed by atoms with Crippen molar-refractivity contribution >= 4 is 11.3 Å². The van der Waals surface area contributed by atoms with Gasteiger partial charge in [-0.3, -0.25) is 0 Å². The first kappa shape index (κ1) is 14.8. The quantitative estimate of drug-likeness (QED) is 0.850. The molecule has 0 unspecified atom stereocenters. The molecule has 2 aromatic rings. The van der Waals surface area contributed by atoms with Crippen LogP contribution in [0.25, 0.3) is 5.52 Å². The number of ether oxygens (including phenoxy) is 1. The van der Waals surface area contributed by atoms with Crippen LogP contribution in [0.2, 0.25) is 0 Å². The molecule has 0 aliphatic carbocycles. The third-order valence-electron chi connectivity index (χ3n) is 4.25. The molecular weight excluding hydrogens is 278 g/mol. The third-order valence-corrected chi connectivity index (χ3v) is 4.25. The van der Waals surface area contributed by atoms with Gasteiger partial charge in [-0.2, -0.15) is 5.26 Å². The fourth-order valence-corrected chi connectivity index (χ4v) is 2.88. The molecule has 1 aliphatic heterocycles. The number of hydrogen-bond donors (Lipinski definition) is 0. The Morgan fingerprint density at radius 3 is 2.86 bits per heavy atom. The van der Waals surface area contributed by atoms with E-state index < -0.39 is 5.41 Å². The Kier molecular flexibility index (Phi) is 3.33. The zero-order valence-electron chi connectivity index (χ0n) is 13.5. The summed E-state index contributed by atoms with van der Waals surface area (Å²) in [7, 11) is 0. The van der Waals surface area contributed by atoms with Gasteiger partial charge >= 0.3 is 0 Å². The zero-order valence-corrected chi connectivity index (χ0v) is 13.5. The highest BCUT2D eigenvalue weighted by Crippen LogP contribution is 2.32. The molecule has 0 amide bonds. The molecule has 116 valence electrons. The van der Waals surface area contributed by atoms with Crippen LogP contribution in [-0.4, -0.2) is 39.9 Å². The standard InChI is InChI=1S/C16H21N5O/c1-15(2,9-17)12-7-14(19-21-11-18-8-13(12)21)20-5-6-22-10-16(20,3)4/h7-8,11H,5-6,10H2,1-4H3. The van der Waals surface area contributed by atoms with Crippen LogP contribution in [-0.2, 0) is 10.2 Å². The molecule has 0 bridgehead atoms. The van der Waals surface area contributed by atoms with Crippen molar-refractivity contribution in [1.82, 2.24) is 14.6 Å². The van der Waals surface area contributed by atoms with Gasteiger partial charge in [0.2, 0.25) is 0 Å². The molecule has 2 aromatic heterocycles. The summed E-state index contributed by atoms with van der Waals surface area (Å²) in [6.07, 6.45) is 3.44. The van der Waals surface area contributed by atoms with Crippen LogP contribution in [0.15, 0.2) is 18.6 Å². The smallest absolute Gasteiger partial charge is 0.150 e. The van der Waals surface area contributed by atoms with E-state index in [0.717, 1.165) is 23.4 Å². The van der Waals surface area contributed by atoms with Gasteiger partial charge in [-0.25, -0.2) is 9.50 Å². The molecule has 6 heteroatoms. The number of imidazole rings is 1. The topological polar surface area (TPSA) is 66.5 Å². The van der Waals surface area contributed by atoms with Gasteiger partial charge < -0.3 is 9.64 Å². The van der Waals surface area contributed by atoms with Gasteiger partial charge in [0, 0.05) is 12.1 Å². The normalized spacial score (nSPS) is 18.4. The molecule has 0 atom stereocenters. The van der Waals surface area contributed by atoms with Crippen molar-refractivity contribution in [3.8, 4) is 6.07 Å². The molecule has 0 spiro atoms. The van der Waals surface area contributed by atoms with Gasteiger partial charge in [0.05, 0.1) is 42.0 Å². The number of nitrogens with zero attached hydrogens (tertiary/aromatic N) is 5. The highest BCUT2D eigenvalue weighted by molar-refractivity contribution is 5.62. The maximum absolute atomic E-state index is 9.51. The van der Waals surface area contributed by atoms with Gasteiger partial charge in [-0.05, 0) is 33.8 Å². The summed E-state index contributed by atoms with van der Waals surface area (Å²) < 4.78 is 7.35. The fraction of sp³-hybridized carbons (Fsp3) is 0.562. The minimum atomic E-state index is -0.602. The number of morpholine rings is 1. The van der Waals surface area contributed by atoms with E-state index in [9.17, 15) is 5.26 Å².